The van der Waals surface area contributed by atoms with Gasteiger partial charge in [-0.05, 0) is 19.3 Å². The van der Waals surface area contributed by atoms with Crippen LogP contribution in [0.25, 0.3) is 0 Å². The first-order valence-corrected chi connectivity index (χ1v) is 5.51. The number of fused-ring (bicyclic) bond motifs is 1. The number of aromatic nitrogens is 1. The van der Waals surface area contributed by atoms with Crippen molar-refractivity contribution in [1.82, 2.24) is 4.98 Å². The number of carboxylic acids is 1. The number of nitrogens with one attached hydrogen (secondary N) is 1. The number of anilines is 1. The summed E-state index contributed by atoms with van der Waals surface area (Å²) < 4.78 is 0. The Morgan fingerprint density at radius 1 is 1.57 bits per heavy atom. The van der Waals surface area contributed by atoms with Gasteiger partial charge in [-0.15, -0.1) is 11.3 Å². The van der Waals surface area contributed by atoms with E-state index in [0.717, 1.165) is 18.0 Å². The van der Waals surface area contributed by atoms with Crippen LogP contribution in [0, 0.1) is 0 Å². The summed E-state index contributed by atoms with van der Waals surface area (Å²) in [5, 5.41) is 12.4. The fraction of sp³-hybridized carbons (Fsp3) is 0.556. The van der Waals surface area contributed by atoms with E-state index in [9.17, 15) is 4.79 Å². The molecule has 2 N–H and O–H groups in total. The van der Waals surface area contributed by atoms with Crippen molar-refractivity contribution < 1.29 is 9.90 Å². The molecule has 1 aliphatic rings. The molecule has 1 heterocycles. The summed E-state index contributed by atoms with van der Waals surface area (Å²) in [7, 11) is 0. The van der Waals surface area contributed by atoms with Gasteiger partial charge < -0.3 is 10.4 Å². The SMILES string of the molecule is O=C(O)CCNc1nc2c(s1)CCC2. The zero-order chi connectivity index (χ0) is 9.97. The molecule has 0 fully saturated rings. The number of carboxylic acid groups (broad SMARTS) is 1. The van der Waals surface area contributed by atoms with E-state index in [1.807, 2.05) is 0 Å². The first-order chi connectivity index (χ1) is 6.75. The van der Waals surface area contributed by atoms with Crippen molar-refractivity contribution in [2.24, 2.45) is 0 Å². The summed E-state index contributed by atoms with van der Waals surface area (Å²) in [6.45, 7) is 0.460. The van der Waals surface area contributed by atoms with Crippen molar-refractivity contribution >= 4 is 22.4 Å². The average Bonchev–Trinajstić information content (AvgIpc) is 2.62. The average molecular weight is 212 g/mol. The number of hydrogen-bond acceptors (Lipinski definition) is 4. The van der Waals surface area contributed by atoms with Gasteiger partial charge in [0, 0.05) is 11.4 Å². The summed E-state index contributed by atoms with van der Waals surface area (Å²) in [5.74, 6) is -0.776. The second-order valence-corrected chi connectivity index (χ2v) is 4.40. The fourth-order valence-corrected chi connectivity index (χ4v) is 2.62. The first-order valence-electron chi connectivity index (χ1n) is 4.70. The van der Waals surface area contributed by atoms with Crippen molar-refractivity contribution in [3.05, 3.63) is 10.6 Å². The van der Waals surface area contributed by atoms with Crippen LogP contribution < -0.4 is 5.32 Å². The smallest absolute Gasteiger partial charge is 0.305 e. The number of aliphatic carboxylic acids is 1. The van der Waals surface area contributed by atoms with E-state index in [4.69, 9.17) is 5.11 Å². The fourth-order valence-electron chi connectivity index (χ4n) is 1.54. The van der Waals surface area contributed by atoms with Gasteiger partial charge >= 0.3 is 5.97 Å². The maximum Gasteiger partial charge on any atom is 0.305 e. The van der Waals surface area contributed by atoms with Gasteiger partial charge in [0.2, 0.25) is 0 Å². The Hall–Kier alpha value is -1.10. The molecule has 2 rings (SSSR count). The lowest BCUT2D eigenvalue weighted by Gasteiger charge is -1.98. The maximum atomic E-state index is 10.3. The number of nitrogens with zero attached hydrogens (tertiary/aromatic N) is 1. The summed E-state index contributed by atoms with van der Waals surface area (Å²) in [6.07, 6.45) is 3.56. The lowest BCUT2D eigenvalue weighted by molar-refractivity contribution is -0.136. The van der Waals surface area contributed by atoms with Crippen molar-refractivity contribution in [3.8, 4) is 0 Å². The molecule has 0 aromatic carbocycles. The molecule has 0 aliphatic heterocycles. The van der Waals surface area contributed by atoms with Crippen LogP contribution in [0.15, 0.2) is 0 Å². The Morgan fingerprint density at radius 2 is 2.43 bits per heavy atom. The molecule has 1 aliphatic carbocycles. The maximum absolute atomic E-state index is 10.3. The predicted molar refractivity (Wildman–Crippen MR) is 54.9 cm³/mol. The van der Waals surface area contributed by atoms with E-state index in [-0.39, 0.29) is 6.42 Å². The number of aryl methyl sites for hydroxylation is 2. The van der Waals surface area contributed by atoms with Crippen molar-refractivity contribution in [3.63, 3.8) is 0 Å². The van der Waals surface area contributed by atoms with E-state index in [1.54, 1.807) is 11.3 Å². The first kappa shape index (κ1) is 9.45. The molecule has 0 spiro atoms. The van der Waals surface area contributed by atoms with Crippen LogP contribution in [0.3, 0.4) is 0 Å². The van der Waals surface area contributed by atoms with Gasteiger partial charge in [-0.2, -0.15) is 0 Å². The minimum Gasteiger partial charge on any atom is -0.481 e. The lowest BCUT2D eigenvalue weighted by Crippen LogP contribution is -2.07. The van der Waals surface area contributed by atoms with Gasteiger partial charge in [0.1, 0.15) is 0 Å². The molecule has 14 heavy (non-hydrogen) atoms. The number of rotatable bonds is 4. The van der Waals surface area contributed by atoms with Crippen LogP contribution in [-0.2, 0) is 17.6 Å². The molecule has 0 unspecified atom stereocenters. The molecular weight excluding hydrogens is 200 g/mol. The van der Waals surface area contributed by atoms with Gasteiger partial charge in [-0.25, -0.2) is 4.98 Å². The van der Waals surface area contributed by atoms with Crippen LogP contribution in [0.1, 0.15) is 23.4 Å². The lowest BCUT2D eigenvalue weighted by atomic mass is 10.4. The normalized spacial score (nSPS) is 14.0. The largest absolute Gasteiger partial charge is 0.481 e. The van der Waals surface area contributed by atoms with Crippen LogP contribution in [0.4, 0.5) is 5.13 Å². The van der Waals surface area contributed by atoms with Gasteiger partial charge in [0.15, 0.2) is 5.13 Å². The Morgan fingerprint density at radius 3 is 3.14 bits per heavy atom. The Labute approximate surface area is 86.0 Å². The highest BCUT2D eigenvalue weighted by molar-refractivity contribution is 7.15. The van der Waals surface area contributed by atoms with Gasteiger partial charge in [-0.3, -0.25) is 4.79 Å². The highest BCUT2D eigenvalue weighted by Gasteiger charge is 2.16. The highest BCUT2D eigenvalue weighted by Crippen LogP contribution is 2.30. The van der Waals surface area contributed by atoms with Crippen LogP contribution in [0.2, 0.25) is 0 Å². The minimum absolute atomic E-state index is 0.143. The molecular formula is C9H12N2O2S. The topological polar surface area (TPSA) is 62.2 Å². The molecule has 0 amide bonds. The van der Waals surface area contributed by atoms with Crippen LogP contribution in [-0.4, -0.2) is 22.6 Å². The zero-order valence-electron chi connectivity index (χ0n) is 7.75. The van der Waals surface area contributed by atoms with Gasteiger partial charge in [0.25, 0.3) is 0 Å². The van der Waals surface area contributed by atoms with E-state index < -0.39 is 5.97 Å². The summed E-state index contributed by atoms with van der Waals surface area (Å²) in [4.78, 5) is 16.0. The predicted octanol–water partition coefficient (Wildman–Crippen LogP) is 1.52. The minimum atomic E-state index is -0.776. The standard InChI is InChI=1S/C9H12N2O2S/c12-8(13)4-5-10-9-11-6-2-1-3-7(6)14-9/h1-5H2,(H,10,11)(H,12,13). The number of hydrogen-bond donors (Lipinski definition) is 2. The molecule has 0 radical (unpaired) electrons. The molecule has 0 saturated carbocycles. The Balaban J connectivity index is 1.88. The van der Waals surface area contributed by atoms with Crippen LogP contribution in [0.5, 0.6) is 0 Å². The molecule has 0 saturated heterocycles. The van der Waals surface area contributed by atoms with Gasteiger partial charge in [0.05, 0.1) is 12.1 Å². The Kier molecular flexibility index (Phi) is 2.67. The van der Waals surface area contributed by atoms with Gasteiger partial charge in [-0.1, -0.05) is 0 Å². The molecule has 0 bridgehead atoms. The third-order valence-electron chi connectivity index (χ3n) is 2.21. The van der Waals surface area contributed by atoms with E-state index >= 15 is 0 Å². The second kappa shape index (κ2) is 3.96. The molecule has 4 nitrogen and oxygen atoms in total. The second-order valence-electron chi connectivity index (χ2n) is 3.31. The highest BCUT2D eigenvalue weighted by atomic mass is 32.1. The summed E-state index contributed by atoms with van der Waals surface area (Å²) >= 11 is 1.66. The monoisotopic (exact) mass is 212 g/mol. The van der Waals surface area contributed by atoms with E-state index in [0.29, 0.717) is 6.54 Å². The third-order valence-corrected chi connectivity index (χ3v) is 3.33. The zero-order valence-corrected chi connectivity index (χ0v) is 8.56. The third kappa shape index (κ3) is 2.04. The van der Waals surface area contributed by atoms with Crippen molar-refractivity contribution in [1.29, 1.82) is 0 Å². The molecule has 76 valence electrons. The number of carbonyl (C=O) groups is 1. The quantitative estimate of drug-likeness (QED) is 0.794. The Bertz CT molecular complexity index is 327. The van der Waals surface area contributed by atoms with Crippen LogP contribution >= 0.6 is 11.3 Å². The number of thiazole rings is 1. The molecule has 0 atom stereocenters. The van der Waals surface area contributed by atoms with Crippen molar-refractivity contribution in [2.45, 2.75) is 25.7 Å². The summed E-state index contributed by atoms with van der Waals surface area (Å²) in [5.41, 5.74) is 1.20. The molecule has 1 aromatic rings. The molecule has 5 heteroatoms. The van der Waals surface area contributed by atoms with Crippen molar-refractivity contribution in [2.75, 3.05) is 11.9 Å². The van der Waals surface area contributed by atoms with E-state index in [1.165, 1.54) is 17.0 Å². The summed E-state index contributed by atoms with van der Waals surface area (Å²) in [6, 6.07) is 0. The van der Waals surface area contributed by atoms with E-state index in [2.05, 4.69) is 10.3 Å². The molecule has 1 aromatic heterocycles.